The van der Waals surface area contributed by atoms with Crippen molar-refractivity contribution in [1.82, 2.24) is 5.32 Å². The van der Waals surface area contributed by atoms with Crippen molar-refractivity contribution in [2.45, 2.75) is 13.8 Å². The molecule has 0 spiro atoms. The van der Waals surface area contributed by atoms with E-state index in [-0.39, 0.29) is 5.75 Å². The van der Waals surface area contributed by atoms with E-state index < -0.39 is 10.0 Å². The zero-order valence-electron chi connectivity index (χ0n) is 9.87. The Morgan fingerprint density at radius 2 is 1.94 bits per heavy atom. The van der Waals surface area contributed by atoms with Gasteiger partial charge in [-0.1, -0.05) is 12.1 Å². The second-order valence-electron chi connectivity index (χ2n) is 3.84. The third kappa shape index (κ3) is 3.83. The lowest BCUT2D eigenvalue weighted by Crippen LogP contribution is -2.24. The van der Waals surface area contributed by atoms with Crippen molar-refractivity contribution in [3.63, 3.8) is 0 Å². The molecule has 0 saturated heterocycles. The van der Waals surface area contributed by atoms with Crippen LogP contribution in [-0.2, 0) is 10.0 Å². The lowest BCUT2D eigenvalue weighted by atomic mass is 10.1. The molecule has 0 saturated carbocycles. The minimum Gasteiger partial charge on any atom is -0.319 e. The molecule has 16 heavy (non-hydrogen) atoms. The van der Waals surface area contributed by atoms with Gasteiger partial charge in [0.05, 0.1) is 11.4 Å². The Balaban J connectivity index is 2.83. The largest absolute Gasteiger partial charge is 0.319 e. The summed E-state index contributed by atoms with van der Waals surface area (Å²) in [4.78, 5) is 0. The van der Waals surface area contributed by atoms with E-state index in [0.29, 0.717) is 12.2 Å². The van der Waals surface area contributed by atoms with Gasteiger partial charge in [0.15, 0.2) is 0 Å². The second-order valence-corrected chi connectivity index (χ2v) is 5.68. The number of aryl methyl sites for hydroxylation is 2. The van der Waals surface area contributed by atoms with Crippen LogP contribution in [0, 0.1) is 13.8 Å². The maximum absolute atomic E-state index is 11.7. The van der Waals surface area contributed by atoms with E-state index in [1.54, 1.807) is 7.05 Å². The standard InChI is InChI=1S/C11H18N2O2S/c1-9-4-5-10(2)11(8-9)13-16(14,15)7-6-12-3/h4-5,8,12-13H,6-7H2,1-3H3. The Labute approximate surface area is 97.1 Å². The molecule has 0 unspecified atom stereocenters. The van der Waals surface area contributed by atoms with E-state index in [2.05, 4.69) is 10.0 Å². The van der Waals surface area contributed by atoms with Gasteiger partial charge in [0.1, 0.15) is 0 Å². The molecule has 0 aliphatic rings. The summed E-state index contributed by atoms with van der Waals surface area (Å²) in [6.45, 7) is 4.26. The average molecular weight is 242 g/mol. The molecule has 0 heterocycles. The molecule has 0 amide bonds. The van der Waals surface area contributed by atoms with Gasteiger partial charge in [0.2, 0.25) is 10.0 Å². The normalized spacial score (nSPS) is 11.4. The first-order valence-electron chi connectivity index (χ1n) is 5.17. The molecule has 0 fully saturated rings. The van der Waals surface area contributed by atoms with E-state index in [4.69, 9.17) is 0 Å². The lowest BCUT2D eigenvalue weighted by Gasteiger charge is -2.11. The predicted octanol–water partition coefficient (Wildman–Crippen LogP) is 1.26. The molecule has 0 aromatic heterocycles. The topological polar surface area (TPSA) is 58.2 Å². The zero-order valence-corrected chi connectivity index (χ0v) is 10.7. The van der Waals surface area contributed by atoms with E-state index in [0.717, 1.165) is 11.1 Å². The van der Waals surface area contributed by atoms with Crippen molar-refractivity contribution < 1.29 is 8.42 Å². The van der Waals surface area contributed by atoms with Crippen LogP contribution in [0.3, 0.4) is 0 Å². The molecule has 0 atom stereocenters. The predicted molar refractivity (Wildman–Crippen MR) is 67.3 cm³/mol. The molecule has 0 bridgehead atoms. The maximum Gasteiger partial charge on any atom is 0.233 e. The first kappa shape index (κ1) is 13.0. The highest BCUT2D eigenvalue weighted by Gasteiger charge is 2.10. The number of sulfonamides is 1. The number of hydrogen-bond donors (Lipinski definition) is 2. The Hall–Kier alpha value is -1.07. The Morgan fingerprint density at radius 3 is 2.56 bits per heavy atom. The summed E-state index contributed by atoms with van der Waals surface area (Å²) >= 11 is 0. The van der Waals surface area contributed by atoms with Crippen molar-refractivity contribution in [3.05, 3.63) is 29.3 Å². The highest BCUT2D eigenvalue weighted by Crippen LogP contribution is 2.17. The molecular formula is C11H18N2O2S. The van der Waals surface area contributed by atoms with Gasteiger partial charge in [-0.05, 0) is 38.1 Å². The lowest BCUT2D eigenvalue weighted by molar-refractivity contribution is 0.598. The van der Waals surface area contributed by atoms with Gasteiger partial charge in [-0.15, -0.1) is 0 Å². The molecular weight excluding hydrogens is 224 g/mol. The molecule has 1 aromatic carbocycles. The SMILES string of the molecule is CNCCS(=O)(=O)Nc1cc(C)ccc1C. The average Bonchev–Trinajstić information content (AvgIpc) is 2.20. The third-order valence-corrected chi connectivity index (χ3v) is 3.55. The first-order chi connectivity index (χ1) is 7.44. The van der Waals surface area contributed by atoms with Crippen LogP contribution in [0.15, 0.2) is 18.2 Å². The number of benzene rings is 1. The van der Waals surface area contributed by atoms with Crippen LogP contribution < -0.4 is 10.0 Å². The summed E-state index contributed by atoms with van der Waals surface area (Å²) in [5, 5.41) is 2.82. The fraction of sp³-hybridized carbons (Fsp3) is 0.455. The smallest absolute Gasteiger partial charge is 0.233 e. The van der Waals surface area contributed by atoms with Gasteiger partial charge >= 0.3 is 0 Å². The van der Waals surface area contributed by atoms with Crippen LogP contribution in [0.1, 0.15) is 11.1 Å². The highest BCUT2D eigenvalue weighted by molar-refractivity contribution is 7.92. The fourth-order valence-electron chi connectivity index (χ4n) is 1.30. The van der Waals surface area contributed by atoms with Crippen molar-refractivity contribution in [1.29, 1.82) is 0 Å². The van der Waals surface area contributed by atoms with Crippen molar-refractivity contribution >= 4 is 15.7 Å². The van der Waals surface area contributed by atoms with Crippen LogP contribution in [0.25, 0.3) is 0 Å². The summed E-state index contributed by atoms with van der Waals surface area (Å²) < 4.78 is 25.9. The molecule has 0 radical (unpaired) electrons. The van der Waals surface area contributed by atoms with Crippen LogP contribution in [0.4, 0.5) is 5.69 Å². The summed E-state index contributed by atoms with van der Waals surface area (Å²) in [6.07, 6.45) is 0. The quantitative estimate of drug-likeness (QED) is 0.817. The number of anilines is 1. The second kappa shape index (κ2) is 5.32. The fourth-order valence-corrected chi connectivity index (χ4v) is 2.43. The highest BCUT2D eigenvalue weighted by atomic mass is 32.2. The summed E-state index contributed by atoms with van der Waals surface area (Å²) in [6, 6.07) is 5.71. The van der Waals surface area contributed by atoms with Gasteiger partial charge in [-0.3, -0.25) is 4.72 Å². The van der Waals surface area contributed by atoms with Crippen molar-refractivity contribution in [2.24, 2.45) is 0 Å². The van der Waals surface area contributed by atoms with E-state index in [1.165, 1.54) is 0 Å². The third-order valence-electron chi connectivity index (χ3n) is 2.28. The summed E-state index contributed by atoms with van der Waals surface area (Å²) in [5.41, 5.74) is 2.63. The van der Waals surface area contributed by atoms with Crippen LogP contribution in [-0.4, -0.2) is 27.8 Å². The summed E-state index contributed by atoms with van der Waals surface area (Å²) in [7, 11) is -1.52. The molecule has 1 rings (SSSR count). The van der Waals surface area contributed by atoms with Gasteiger partial charge < -0.3 is 5.32 Å². The van der Waals surface area contributed by atoms with Gasteiger partial charge in [0.25, 0.3) is 0 Å². The van der Waals surface area contributed by atoms with Crippen molar-refractivity contribution in [2.75, 3.05) is 24.1 Å². The zero-order chi connectivity index (χ0) is 12.2. The minimum atomic E-state index is -3.25. The molecule has 2 N–H and O–H groups in total. The molecule has 4 nitrogen and oxygen atoms in total. The van der Waals surface area contributed by atoms with Gasteiger partial charge in [-0.2, -0.15) is 0 Å². The number of nitrogens with one attached hydrogen (secondary N) is 2. The molecule has 1 aromatic rings. The maximum atomic E-state index is 11.7. The number of rotatable bonds is 5. The Kier molecular flexibility index (Phi) is 4.32. The Morgan fingerprint density at radius 1 is 1.25 bits per heavy atom. The monoisotopic (exact) mass is 242 g/mol. The van der Waals surface area contributed by atoms with Gasteiger partial charge in [-0.25, -0.2) is 8.42 Å². The molecule has 0 aliphatic carbocycles. The van der Waals surface area contributed by atoms with Crippen molar-refractivity contribution in [3.8, 4) is 0 Å². The van der Waals surface area contributed by atoms with E-state index in [9.17, 15) is 8.42 Å². The first-order valence-corrected chi connectivity index (χ1v) is 6.82. The molecule has 90 valence electrons. The summed E-state index contributed by atoms with van der Waals surface area (Å²) in [5.74, 6) is 0.0802. The van der Waals surface area contributed by atoms with Gasteiger partial charge in [0, 0.05) is 6.54 Å². The number of hydrogen-bond acceptors (Lipinski definition) is 3. The van der Waals surface area contributed by atoms with Crippen LogP contribution in [0.5, 0.6) is 0 Å². The molecule has 5 heteroatoms. The Bertz CT molecular complexity index is 455. The van der Waals surface area contributed by atoms with Crippen LogP contribution in [0.2, 0.25) is 0 Å². The van der Waals surface area contributed by atoms with Crippen LogP contribution >= 0.6 is 0 Å². The molecule has 0 aliphatic heterocycles. The van der Waals surface area contributed by atoms with E-state index >= 15 is 0 Å². The van der Waals surface area contributed by atoms with E-state index in [1.807, 2.05) is 32.0 Å². The minimum absolute atomic E-state index is 0.0802.